The van der Waals surface area contributed by atoms with Crippen LogP contribution in [-0.2, 0) is 22.4 Å². The quantitative estimate of drug-likeness (QED) is 0.409. The van der Waals surface area contributed by atoms with Crippen molar-refractivity contribution < 1.29 is 19.1 Å². The molecule has 0 radical (unpaired) electrons. The van der Waals surface area contributed by atoms with Gasteiger partial charge in [0, 0.05) is 36.7 Å². The third-order valence-electron chi connectivity index (χ3n) is 5.36. The number of hydrogen-bond donors (Lipinski definition) is 1. The SMILES string of the molecule is CCCCCc1c(-c2ccc(C(=O)OC)cc2)c(C(N)=O)c(C)n1CCCOCC. The fraction of sp³-hybridized carbons (Fsp3) is 0.500. The van der Waals surface area contributed by atoms with E-state index in [0.717, 1.165) is 61.2 Å². The van der Waals surface area contributed by atoms with Crippen molar-refractivity contribution in [1.29, 1.82) is 0 Å². The number of hydrogen-bond acceptors (Lipinski definition) is 4. The summed E-state index contributed by atoms with van der Waals surface area (Å²) < 4.78 is 12.5. The first-order chi connectivity index (χ1) is 14.5. The third-order valence-corrected chi connectivity index (χ3v) is 5.36. The summed E-state index contributed by atoms with van der Waals surface area (Å²) in [6.07, 6.45) is 5.01. The predicted molar refractivity (Wildman–Crippen MR) is 119 cm³/mol. The lowest BCUT2D eigenvalue weighted by Crippen LogP contribution is -2.14. The van der Waals surface area contributed by atoms with Crippen LogP contribution in [-0.4, -0.2) is 36.8 Å². The number of carbonyl (C=O) groups is 2. The Hall–Kier alpha value is -2.60. The Bertz CT molecular complexity index is 853. The zero-order valence-electron chi connectivity index (χ0n) is 18.6. The van der Waals surface area contributed by atoms with E-state index in [9.17, 15) is 9.59 Å². The molecule has 0 aliphatic carbocycles. The molecule has 2 aromatic rings. The molecule has 0 saturated heterocycles. The summed E-state index contributed by atoms with van der Waals surface area (Å²) >= 11 is 0. The van der Waals surface area contributed by atoms with E-state index in [4.69, 9.17) is 15.2 Å². The highest BCUT2D eigenvalue weighted by Gasteiger charge is 2.24. The second-order valence-corrected chi connectivity index (χ2v) is 7.37. The van der Waals surface area contributed by atoms with Crippen molar-refractivity contribution in [2.75, 3.05) is 20.3 Å². The number of nitrogens with zero attached hydrogens (tertiary/aromatic N) is 1. The van der Waals surface area contributed by atoms with Gasteiger partial charge in [0.1, 0.15) is 0 Å². The van der Waals surface area contributed by atoms with Crippen molar-refractivity contribution in [2.45, 2.75) is 59.4 Å². The first kappa shape index (κ1) is 23.7. The number of ether oxygens (including phenoxy) is 2. The largest absolute Gasteiger partial charge is 0.465 e. The fourth-order valence-corrected chi connectivity index (χ4v) is 3.87. The molecule has 0 aliphatic heterocycles. The average Bonchev–Trinajstić information content (AvgIpc) is 3.02. The van der Waals surface area contributed by atoms with Crippen LogP contribution in [0.3, 0.4) is 0 Å². The number of esters is 1. The summed E-state index contributed by atoms with van der Waals surface area (Å²) in [5.41, 5.74) is 10.6. The topological polar surface area (TPSA) is 83.5 Å². The number of aromatic nitrogens is 1. The Kier molecular flexibility index (Phi) is 9.12. The number of benzene rings is 1. The van der Waals surface area contributed by atoms with Crippen molar-refractivity contribution in [3.63, 3.8) is 0 Å². The molecule has 30 heavy (non-hydrogen) atoms. The van der Waals surface area contributed by atoms with E-state index in [2.05, 4.69) is 11.5 Å². The van der Waals surface area contributed by atoms with Gasteiger partial charge in [-0.05, 0) is 50.8 Å². The zero-order chi connectivity index (χ0) is 22.1. The number of nitrogens with two attached hydrogens (primary N) is 1. The smallest absolute Gasteiger partial charge is 0.337 e. The van der Waals surface area contributed by atoms with Gasteiger partial charge in [-0.15, -0.1) is 0 Å². The molecule has 6 heteroatoms. The van der Waals surface area contributed by atoms with Crippen LogP contribution in [0, 0.1) is 6.92 Å². The first-order valence-corrected chi connectivity index (χ1v) is 10.7. The number of methoxy groups -OCH3 is 1. The summed E-state index contributed by atoms with van der Waals surface area (Å²) in [7, 11) is 1.36. The molecule has 0 spiro atoms. The molecule has 0 aliphatic rings. The number of rotatable bonds is 12. The molecule has 2 N–H and O–H groups in total. The van der Waals surface area contributed by atoms with Crippen molar-refractivity contribution in [1.82, 2.24) is 4.57 Å². The lowest BCUT2D eigenvalue weighted by atomic mass is 9.96. The molecule has 0 unspecified atom stereocenters. The van der Waals surface area contributed by atoms with Crippen LogP contribution < -0.4 is 5.73 Å². The van der Waals surface area contributed by atoms with Gasteiger partial charge in [-0.3, -0.25) is 4.79 Å². The average molecular weight is 415 g/mol. The Balaban J connectivity index is 2.54. The fourth-order valence-electron chi connectivity index (χ4n) is 3.87. The molecule has 6 nitrogen and oxygen atoms in total. The minimum Gasteiger partial charge on any atom is -0.465 e. The molecule has 164 valence electrons. The van der Waals surface area contributed by atoms with E-state index in [1.165, 1.54) is 7.11 Å². The molecule has 0 atom stereocenters. The van der Waals surface area contributed by atoms with Gasteiger partial charge >= 0.3 is 5.97 Å². The minimum absolute atomic E-state index is 0.385. The number of amides is 1. The van der Waals surface area contributed by atoms with Crippen molar-refractivity contribution in [3.05, 3.63) is 46.8 Å². The van der Waals surface area contributed by atoms with E-state index in [1.54, 1.807) is 12.1 Å². The molecular weight excluding hydrogens is 380 g/mol. The van der Waals surface area contributed by atoms with E-state index >= 15 is 0 Å². The van der Waals surface area contributed by atoms with Gasteiger partial charge < -0.3 is 19.8 Å². The molecule has 2 rings (SSSR count). The molecule has 0 saturated carbocycles. The lowest BCUT2D eigenvalue weighted by Gasteiger charge is -2.14. The summed E-state index contributed by atoms with van der Waals surface area (Å²) in [6.45, 7) is 8.26. The summed E-state index contributed by atoms with van der Waals surface area (Å²) in [6, 6.07) is 7.18. The summed E-state index contributed by atoms with van der Waals surface area (Å²) in [5.74, 6) is -0.815. The van der Waals surface area contributed by atoms with Gasteiger partial charge in [-0.1, -0.05) is 31.9 Å². The Labute approximate surface area is 179 Å². The van der Waals surface area contributed by atoms with Crippen LogP contribution in [0.15, 0.2) is 24.3 Å². The highest BCUT2D eigenvalue weighted by molar-refractivity contribution is 6.02. The molecule has 1 amide bonds. The molecule has 0 fully saturated rings. The second kappa shape index (κ2) is 11.6. The van der Waals surface area contributed by atoms with Gasteiger partial charge in [0.15, 0.2) is 0 Å². The maximum absolute atomic E-state index is 12.4. The molecule has 1 heterocycles. The number of unbranched alkanes of at least 4 members (excludes halogenated alkanes) is 2. The van der Waals surface area contributed by atoms with E-state index in [-0.39, 0.29) is 5.97 Å². The van der Waals surface area contributed by atoms with Gasteiger partial charge in [0.05, 0.1) is 18.2 Å². The highest BCUT2D eigenvalue weighted by atomic mass is 16.5. The van der Waals surface area contributed by atoms with E-state index in [1.807, 2.05) is 26.0 Å². The van der Waals surface area contributed by atoms with Crippen molar-refractivity contribution in [2.24, 2.45) is 5.73 Å². The number of primary amides is 1. The van der Waals surface area contributed by atoms with Gasteiger partial charge in [-0.25, -0.2) is 4.79 Å². The van der Waals surface area contributed by atoms with Gasteiger partial charge in [0.25, 0.3) is 5.91 Å². The third kappa shape index (κ3) is 5.51. The van der Waals surface area contributed by atoms with Crippen LogP contribution in [0.5, 0.6) is 0 Å². The maximum atomic E-state index is 12.4. The zero-order valence-corrected chi connectivity index (χ0v) is 18.6. The highest BCUT2D eigenvalue weighted by Crippen LogP contribution is 2.34. The van der Waals surface area contributed by atoms with E-state index < -0.39 is 5.91 Å². The normalized spacial score (nSPS) is 10.9. The van der Waals surface area contributed by atoms with Crippen LogP contribution in [0.1, 0.15) is 71.6 Å². The first-order valence-electron chi connectivity index (χ1n) is 10.7. The molecule has 0 bridgehead atoms. The Morgan fingerprint density at radius 2 is 1.77 bits per heavy atom. The summed E-state index contributed by atoms with van der Waals surface area (Å²) in [4.78, 5) is 24.2. The van der Waals surface area contributed by atoms with Crippen LogP contribution in [0.2, 0.25) is 0 Å². The summed E-state index contributed by atoms with van der Waals surface area (Å²) in [5, 5.41) is 0. The van der Waals surface area contributed by atoms with E-state index in [0.29, 0.717) is 24.3 Å². The lowest BCUT2D eigenvalue weighted by molar-refractivity contribution is 0.0600. The second-order valence-electron chi connectivity index (χ2n) is 7.37. The molecule has 1 aromatic heterocycles. The maximum Gasteiger partial charge on any atom is 0.337 e. The van der Waals surface area contributed by atoms with Crippen molar-refractivity contribution >= 4 is 11.9 Å². The standard InChI is InChI=1S/C24H34N2O4/c1-5-7-8-10-20-22(18-11-13-19(14-12-18)24(28)29-4)21(23(25)27)17(3)26(20)15-9-16-30-6-2/h11-14H,5-10,15-16H2,1-4H3,(H2,25,27). The number of carbonyl (C=O) groups excluding carboxylic acids is 2. The van der Waals surface area contributed by atoms with Gasteiger partial charge in [-0.2, -0.15) is 0 Å². The monoisotopic (exact) mass is 414 g/mol. The minimum atomic E-state index is -0.431. The van der Waals surface area contributed by atoms with Gasteiger partial charge in [0.2, 0.25) is 0 Å². The van der Waals surface area contributed by atoms with Crippen LogP contribution in [0.4, 0.5) is 0 Å². The Morgan fingerprint density at radius 3 is 2.33 bits per heavy atom. The molecule has 1 aromatic carbocycles. The Morgan fingerprint density at radius 1 is 1.07 bits per heavy atom. The van der Waals surface area contributed by atoms with Crippen LogP contribution >= 0.6 is 0 Å². The predicted octanol–water partition coefficient (Wildman–Crippen LogP) is 4.51. The van der Waals surface area contributed by atoms with Crippen molar-refractivity contribution in [3.8, 4) is 11.1 Å². The molecular formula is C24H34N2O4. The van der Waals surface area contributed by atoms with Crippen LogP contribution in [0.25, 0.3) is 11.1 Å².